The lowest BCUT2D eigenvalue weighted by Crippen LogP contribution is -2.21. The fraction of sp³-hybridized carbons (Fsp3) is 0.143. The van der Waals surface area contributed by atoms with E-state index in [4.69, 9.17) is 0 Å². The third kappa shape index (κ3) is 3.90. The maximum atomic E-state index is 13.3. The minimum absolute atomic E-state index is 0.146. The van der Waals surface area contributed by atoms with E-state index in [1.54, 1.807) is 18.3 Å². The van der Waals surface area contributed by atoms with Crippen LogP contribution in [0.5, 0.6) is 0 Å². The van der Waals surface area contributed by atoms with E-state index >= 15 is 0 Å². The molecule has 0 aliphatic heterocycles. The van der Waals surface area contributed by atoms with Gasteiger partial charge >= 0.3 is 0 Å². The molecule has 0 fully saturated rings. The summed E-state index contributed by atoms with van der Waals surface area (Å²) in [5.74, 6) is 0.527. The van der Waals surface area contributed by atoms with E-state index in [1.807, 2.05) is 25.3 Å². The first-order valence-electron chi connectivity index (χ1n) is 8.61. The minimum Gasteiger partial charge on any atom is -0.347 e. The molecule has 0 saturated heterocycles. The van der Waals surface area contributed by atoms with Crippen LogP contribution in [0.15, 0.2) is 60.9 Å². The van der Waals surface area contributed by atoms with Crippen LogP contribution in [0.1, 0.15) is 26.6 Å². The molecule has 4 nitrogen and oxygen atoms in total. The van der Waals surface area contributed by atoms with Crippen molar-refractivity contribution in [3.05, 3.63) is 88.6 Å². The summed E-state index contributed by atoms with van der Waals surface area (Å²) < 4.78 is 16.3. The van der Waals surface area contributed by atoms with E-state index in [0.717, 1.165) is 33.6 Å². The van der Waals surface area contributed by atoms with Gasteiger partial charge in [-0.25, -0.2) is 9.37 Å². The predicted octanol–water partition coefficient (Wildman–Crippen LogP) is 4.52. The number of benzene rings is 2. The third-order valence-corrected chi connectivity index (χ3v) is 5.54. The molecule has 27 heavy (non-hydrogen) atoms. The van der Waals surface area contributed by atoms with Crippen molar-refractivity contribution in [3.63, 3.8) is 0 Å². The Morgan fingerprint density at radius 1 is 1.19 bits per heavy atom. The Morgan fingerprint density at radius 3 is 2.85 bits per heavy atom. The van der Waals surface area contributed by atoms with Crippen molar-refractivity contribution in [1.82, 2.24) is 14.9 Å². The Bertz CT molecular complexity index is 1120. The van der Waals surface area contributed by atoms with Crippen molar-refractivity contribution >= 4 is 27.3 Å². The molecule has 4 aromatic rings. The first-order chi connectivity index (χ1) is 13.1. The summed E-state index contributed by atoms with van der Waals surface area (Å²) in [6.07, 6.45) is 3.74. The summed E-state index contributed by atoms with van der Waals surface area (Å²) >= 11 is 1.37. The number of carbonyl (C=O) groups is 1. The maximum absolute atomic E-state index is 13.3. The summed E-state index contributed by atoms with van der Waals surface area (Å²) in [6.45, 7) is 3.16. The Kier molecular flexibility index (Phi) is 4.73. The zero-order chi connectivity index (χ0) is 18.8. The van der Waals surface area contributed by atoms with Gasteiger partial charge in [-0.15, -0.1) is 11.3 Å². The highest BCUT2D eigenvalue weighted by atomic mass is 32.1. The molecule has 0 spiro atoms. The minimum atomic E-state index is -0.294. The zero-order valence-electron chi connectivity index (χ0n) is 14.8. The molecule has 0 aliphatic rings. The third-order valence-electron chi connectivity index (χ3n) is 4.42. The summed E-state index contributed by atoms with van der Waals surface area (Å²) in [6, 6.07) is 14.4. The van der Waals surface area contributed by atoms with Gasteiger partial charge in [0.1, 0.15) is 11.6 Å². The maximum Gasteiger partial charge on any atom is 0.261 e. The largest absolute Gasteiger partial charge is 0.347 e. The monoisotopic (exact) mass is 379 g/mol. The molecular formula is C21H18FN3OS. The Balaban J connectivity index is 1.44. The summed E-state index contributed by atoms with van der Waals surface area (Å²) in [7, 11) is 0. The fourth-order valence-corrected chi connectivity index (χ4v) is 3.96. The fourth-order valence-electron chi connectivity index (χ4n) is 3.00. The summed E-state index contributed by atoms with van der Waals surface area (Å²) in [5, 5.41) is 3.70. The molecule has 6 heteroatoms. The van der Waals surface area contributed by atoms with Crippen LogP contribution in [0.2, 0.25) is 0 Å². The van der Waals surface area contributed by atoms with Gasteiger partial charge in [-0.2, -0.15) is 0 Å². The van der Waals surface area contributed by atoms with Gasteiger partial charge in [0, 0.05) is 30.2 Å². The molecule has 1 amide bonds. The van der Waals surface area contributed by atoms with E-state index in [9.17, 15) is 9.18 Å². The number of fused-ring (bicyclic) bond motifs is 1. The van der Waals surface area contributed by atoms with Gasteiger partial charge < -0.3 is 9.88 Å². The van der Waals surface area contributed by atoms with Crippen LogP contribution in [0.4, 0.5) is 4.39 Å². The van der Waals surface area contributed by atoms with Crippen molar-refractivity contribution < 1.29 is 9.18 Å². The van der Waals surface area contributed by atoms with Gasteiger partial charge in [-0.1, -0.05) is 24.3 Å². The number of hydrogen-bond acceptors (Lipinski definition) is 3. The van der Waals surface area contributed by atoms with Crippen molar-refractivity contribution in [1.29, 1.82) is 0 Å². The van der Waals surface area contributed by atoms with Gasteiger partial charge in [-0.3, -0.25) is 4.79 Å². The van der Waals surface area contributed by atoms with Crippen LogP contribution in [0.3, 0.4) is 0 Å². The van der Waals surface area contributed by atoms with Crippen LogP contribution in [-0.2, 0) is 13.1 Å². The van der Waals surface area contributed by atoms with E-state index in [0.29, 0.717) is 11.4 Å². The average molecular weight is 379 g/mol. The van der Waals surface area contributed by atoms with Crippen molar-refractivity contribution in [3.8, 4) is 0 Å². The zero-order valence-corrected chi connectivity index (χ0v) is 15.6. The smallest absolute Gasteiger partial charge is 0.261 e. The lowest BCUT2D eigenvalue weighted by Gasteiger charge is -2.08. The normalized spacial score (nSPS) is 11.0. The number of aryl methyl sites for hydroxylation is 1. The molecule has 2 aromatic carbocycles. The van der Waals surface area contributed by atoms with Gasteiger partial charge in [0.25, 0.3) is 5.91 Å². The predicted molar refractivity (Wildman–Crippen MR) is 105 cm³/mol. The number of carbonyl (C=O) groups excluding carboxylic acids is 1. The average Bonchev–Trinajstić information content (AvgIpc) is 3.26. The van der Waals surface area contributed by atoms with Gasteiger partial charge in [0.15, 0.2) is 0 Å². The number of rotatable bonds is 5. The number of halogens is 1. The number of nitrogens with one attached hydrogen (secondary N) is 1. The first kappa shape index (κ1) is 17.4. The quantitative estimate of drug-likeness (QED) is 0.554. The van der Waals surface area contributed by atoms with Crippen LogP contribution in [0, 0.1) is 12.7 Å². The molecule has 0 atom stereocenters. The molecule has 2 heterocycles. The number of nitrogens with zero attached hydrogens (tertiary/aromatic N) is 2. The standard InChI is InChI=1S/C21H18FN3OS/c1-14-23-7-8-25(14)13-16-4-2-3-15(9-16)12-24-21(26)20-11-17-10-18(22)5-6-19(17)27-20/h2-11H,12-13H2,1H3,(H,24,26). The van der Waals surface area contributed by atoms with Crippen molar-refractivity contribution in [2.45, 2.75) is 20.0 Å². The number of thiophene rings is 1. The lowest BCUT2D eigenvalue weighted by atomic mass is 10.1. The highest BCUT2D eigenvalue weighted by Gasteiger charge is 2.11. The Labute approximate surface area is 160 Å². The first-order valence-corrected chi connectivity index (χ1v) is 9.43. The molecule has 0 bridgehead atoms. The molecule has 2 aromatic heterocycles. The van der Waals surface area contributed by atoms with Gasteiger partial charge in [0.2, 0.25) is 0 Å². The van der Waals surface area contributed by atoms with Crippen LogP contribution < -0.4 is 5.32 Å². The lowest BCUT2D eigenvalue weighted by molar-refractivity contribution is 0.0955. The van der Waals surface area contributed by atoms with Crippen LogP contribution >= 0.6 is 11.3 Å². The summed E-state index contributed by atoms with van der Waals surface area (Å²) in [4.78, 5) is 17.3. The molecule has 4 rings (SSSR count). The Hall–Kier alpha value is -2.99. The van der Waals surface area contributed by atoms with Gasteiger partial charge in [-0.05, 0) is 47.7 Å². The van der Waals surface area contributed by atoms with E-state index < -0.39 is 0 Å². The van der Waals surface area contributed by atoms with E-state index in [-0.39, 0.29) is 11.7 Å². The van der Waals surface area contributed by atoms with Crippen molar-refractivity contribution in [2.24, 2.45) is 0 Å². The number of hydrogen-bond donors (Lipinski definition) is 1. The molecule has 136 valence electrons. The van der Waals surface area contributed by atoms with Crippen LogP contribution in [0.25, 0.3) is 10.1 Å². The highest BCUT2D eigenvalue weighted by molar-refractivity contribution is 7.20. The van der Waals surface area contributed by atoms with Gasteiger partial charge in [0.05, 0.1) is 4.88 Å². The molecular weight excluding hydrogens is 361 g/mol. The van der Waals surface area contributed by atoms with E-state index in [1.165, 1.54) is 23.5 Å². The number of imidazole rings is 1. The summed E-state index contributed by atoms with van der Waals surface area (Å²) in [5.41, 5.74) is 2.19. The Morgan fingerprint density at radius 2 is 2.04 bits per heavy atom. The second-order valence-corrected chi connectivity index (χ2v) is 7.48. The topological polar surface area (TPSA) is 46.9 Å². The SMILES string of the molecule is Cc1nccn1Cc1cccc(CNC(=O)c2cc3cc(F)ccc3s2)c1. The second-order valence-electron chi connectivity index (χ2n) is 6.40. The molecule has 0 aliphatic carbocycles. The van der Waals surface area contributed by atoms with E-state index in [2.05, 4.69) is 27.0 Å². The van der Waals surface area contributed by atoms with Crippen molar-refractivity contribution in [2.75, 3.05) is 0 Å². The molecule has 0 saturated carbocycles. The number of aromatic nitrogens is 2. The molecule has 0 radical (unpaired) electrons. The van der Waals surface area contributed by atoms with Crippen LogP contribution in [-0.4, -0.2) is 15.5 Å². The highest BCUT2D eigenvalue weighted by Crippen LogP contribution is 2.26. The molecule has 0 unspecified atom stereocenters. The number of amides is 1. The second kappa shape index (κ2) is 7.32. The molecule has 1 N–H and O–H groups in total.